The number of fused-ring (bicyclic) bond motifs is 1. The number of amides is 1. The monoisotopic (exact) mass is 442 g/mol. The Hall–Kier alpha value is -4.18. The van der Waals surface area contributed by atoms with E-state index in [9.17, 15) is 14.9 Å². The first-order chi connectivity index (χ1) is 15.7. The number of hydrogen-bond donors (Lipinski definition) is 1. The van der Waals surface area contributed by atoms with Crippen molar-refractivity contribution in [3.63, 3.8) is 0 Å². The van der Waals surface area contributed by atoms with Crippen LogP contribution in [-0.4, -0.2) is 21.8 Å². The van der Waals surface area contributed by atoms with Gasteiger partial charge in [-0.25, -0.2) is 0 Å². The van der Waals surface area contributed by atoms with Crippen LogP contribution in [0, 0.1) is 18.3 Å². The summed E-state index contributed by atoms with van der Waals surface area (Å²) in [7, 11) is 0. The number of carbonyl (C=O) groups excluding carboxylic acids is 1. The standard InChI is InChI=1S/C26H26N4O3/c1-6-13-28-23(31)18(16-27)15-21-24(29-22-17(2)8-7-14-30(22)25(21)32)33-20-11-9-19(10-12-20)26(3,4)5/h6-12,14-15H,1,13H2,2-5H3,(H,28,31). The molecule has 3 aromatic rings. The van der Waals surface area contributed by atoms with E-state index in [1.165, 1.54) is 16.6 Å². The number of nitrogens with zero attached hydrogens (tertiary/aromatic N) is 3. The molecule has 0 saturated heterocycles. The Labute approximate surface area is 192 Å². The lowest BCUT2D eigenvalue weighted by Gasteiger charge is -2.19. The predicted molar refractivity (Wildman–Crippen MR) is 128 cm³/mol. The van der Waals surface area contributed by atoms with Gasteiger partial charge in [-0.05, 0) is 47.7 Å². The Bertz CT molecular complexity index is 1340. The van der Waals surface area contributed by atoms with Crippen molar-refractivity contribution in [2.45, 2.75) is 33.1 Å². The summed E-state index contributed by atoms with van der Waals surface area (Å²) in [5.74, 6) is -0.120. The number of hydrogen-bond acceptors (Lipinski definition) is 5. The first-order valence-corrected chi connectivity index (χ1v) is 10.5. The van der Waals surface area contributed by atoms with Crippen LogP contribution in [0.1, 0.15) is 37.5 Å². The molecule has 0 fully saturated rings. The second-order valence-corrected chi connectivity index (χ2v) is 8.57. The summed E-state index contributed by atoms with van der Waals surface area (Å²) in [5.41, 5.74) is 1.62. The van der Waals surface area contributed by atoms with Crippen LogP contribution in [0.25, 0.3) is 11.7 Å². The van der Waals surface area contributed by atoms with E-state index in [1.54, 1.807) is 24.4 Å². The molecule has 7 heteroatoms. The van der Waals surface area contributed by atoms with Crippen molar-refractivity contribution >= 4 is 17.6 Å². The predicted octanol–water partition coefficient (Wildman–Crippen LogP) is 4.30. The number of nitriles is 1. The maximum Gasteiger partial charge on any atom is 0.269 e. The molecule has 168 valence electrons. The lowest BCUT2D eigenvalue weighted by atomic mass is 9.87. The van der Waals surface area contributed by atoms with Crippen molar-refractivity contribution in [2.24, 2.45) is 0 Å². The molecule has 0 aliphatic carbocycles. The van der Waals surface area contributed by atoms with Gasteiger partial charge < -0.3 is 10.1 Å². The Morgan fingerprint density at radius 3 is 2.58 bits per heavy atom. The molecule has 1 aromatic carbocycles. The maximum absolute atomic E-state index is 13.3. The smallest absolute Gasteiger partial charge is 0.269 e. The van der Waals surface area contributed by atoms with Gasteiger partial charge in [0.1, 0.15) is 28.6 Å². The quantitative estimate of drug-likeness (QED) is 0.349. The van der Waals surface area contributed by atoms with Crippen LogP contribution in [0.3, 0.4) is 0 Å². The molecule has 0 spiro atoms. The van der Waals surface area contributed by atoms with Crippen molar-refractivity contribution in [1.82, 2.24) is 14.7 Å². The number of aromatic nitrogens is 2. The van der Waals surface area contributed by atoms with Gasteiger partial charge in [-0.1, -0.05) is 45.0 Å². The number of nitrogens with one attached hydrogen (secondary N) is 1. The lowest BCUT2D eigenvalue weighted by molar-refractivity contribution is -0.116. The average Bonchev–Trinajstić information content (AvgIpc) is 2.78. The summed E-state index contributed by atoms with van der Waals surface area (Å²) in [5, 5.41) is 12.1. The number of benzene rings is 1. The first-order valence-electron chi connectivity index (χ1n) is 10.5. The van der Waals surface area contributed by atoms with E-state index in [2.05, 4.69) is 37.7 Å². The van der Waals surface area contributed by atoms with Crippen LogP contribution in [0.4, 0.5) is 0 Å². The summed E-state index contributed by atoms with van der Waals surface area (Å²) in [4.78, 5) is 30.2. The molecule has 0 aliphatic rings. The molecule has 2 aromatic heterocycles. The van der Waals surface area contributed by atoms with Crippen molar-refractivity contribution in [2.75, 3.05) is 6.54 Å². The molecule has 3 rings (SSSR count). The Morgan fingerprint density at radius 1 is 1.27 bits per heavy atom. The van der Waals surface area contributed by atoms with Gasteiger partial charge in [-0.3, -0.25) is 14.0 Å². The zero-order valence-corrected chi connectivity index (χ0v) is 19.2. The fraction of sp³-hybridized carbons (Fsp3) is 0.231. The van der Waals surface area contributed by atoms with Crippen molar-refractivity contribution in [3.8, 4) is 17.7 Å². The number of aryl methyl sites for hydroxylation is 1. The number of ether oxygens (including phenoxy) is 1. The molecule has 0 unspecified atom stereocenters. The van der Waals surface area contributed by atoms with Crippen LogP contribution in [0.15, 0.2) is 65.6 Å². The maximum atomic E-state index is 13.3. The van der Waals surface area contributed by atoms with Gasteiger partial charge in [0.05, 0.1) is 0 Å². The van der Waals surface area contributed by atoms with Gasteiger partial charge in [0, 0.05) is 12.7 Å². The SMILES string of the molecule is C=CCNC(=O)C(C#N)=Cc1c(Oc2ccc(C(C)(C)C)cc2)nc2c(C)cccn2c1=O. The third kappa shape index (κ3) is 5.18. The largest absolute Gasteiger partial charge is 0.438 e. The minimum atomic E-state index is -0.619. The molecule has 7 nitrogen and oxygen atoms in total. The van der Waals surface area contributed by atoms with E-state index in [-0.39, 0.29) is 29.0 Å². The molecular weight excluding hydrogens is 416 g/mol. The van der Waals surface area contributed by atoms with Crippen LogP contribution < -0.4 is 15.6 Å². The molecule has 0 saturated carbocycles. The summed E-state index contributed by atoms with van der Waals surface area (Å²) in [6.07, 6.45) is 4.29. The Morgan fingerprint density at radius 2 is 1.97 bits per heavy atom. The van der Waals surface area contributed by atoms with Gasteiger partial charge in [0.2, 0.25) is 5.88 Å². The molecule has 0 bridgehead atoms. The first kappa shape index (κ1) is 23.5. The number of pyridine rings is 1. The van der Waals surface area contributed by atoms with E-state index < -0.39 is 11.5 Å². The second kappa shape index (κ2) is 9.53. The van der Waals surface area contributed by atoms with Gasteiger partial charge in [-0.2, -0.15) is 10.2 Å². The van der Waals surface area contributed by atoms with E-state index in [1.807, 2.05) is 31.2 Å². The lowest BCUT2D eigenvalue weighted by Crippen LogP contribution is -2.25. The van der Waals surface area contributed by atoms with Crippen LogP contribution in [-0.2, 0) is 10.2 Å². The molecule has 0 radical (unpaired) electrons. The normalized spacial score (nSPS) is 11.7. The van der Waals surface area contributed by atoms with E-state index >= 15 is 0 Å². The highest BCUT2D eigenvalue weighted by Crippen LogP contribution is 2.28. The third-order valence-electron chi connectivity index (χ3n) is 5.04. The Kier molecular flexibility index (Phi) is 6.78. The zero-order chi connectivity index (χ0) is 24.2. The molecule has 1 N–H and O–H groups in total. The number of rotatable bonds is 6. The van der Waals surface area contributed by atoms with Crippen molar-refractivity contribution in [3.05, 3.63) is 87.9 Å². The third-order valence-corrected chi connectivity index (χ3v) is 5.04. The zero-order valence-electron chi connectivity index (χ0n) is 19.2. The minimum absolute atomic E-state index is 0.00306. The van der Waals surface area contributed by atoms with Crippen LogP contribution in [0.5, 0.6) is 11.6 Å². The average molecular weight is 443 g/mol. The highest BCUT2D eigenvalue weighted by atomic mass is 16.5. The van der Waals surface area contributed by atoms with E-state index in [0.717, 1.165) is 11.1 Å². The van der Waals surface area contributed by atoms with Gasteiger partial charge in [-0.15, -0.1) is 6.58 Å². The molecular formula is C26H26N4O3. The molecule has 33 heavy (non-hydrogen) atoms. The van der Waals surface area contributed by atoms with Crippen molar-refractivity contribution < 1.29 is 9.53 Å². The van der Waals surface area contributed by atoms with Crippen LogP contribution >= 0.6 is 0 Å². The summed E-state index contributed by atoms with van der Waals surface area (Å²) < 4.78 is 7.37. The Balaban J connectivity index is 2.16. The molecule has 0 atom stereocenters. The highest BCUT2D eigenvalue weighted by molar-refractivity contribution is 6.02. The van der Waals surface area contributed by atoms with E-state index in [0.29, 0.717) is 11.4 Å². The topological polar surface area (TPSA) is 96.5 Å². The second-order valence-electron chi connectivity index (χ2n) is 8.57. The minimum Gasteiger partial charge on any atom is -0.438 e. The van der Waals surface area contributed by atoms with Crippen LogP contribution in [0.2, 0.25) is 0 Å². The summed E-state index contributed by atoms with van der Waals surface area (Å²) in [6, 6.07) is 12.9. The molecule has 1 amide bonds. The van der Waals surface area contributed by atoms with Gasteiger partial charge in [0.15, 0.2) is 0 Å². The van der Waals surface area contributed by atoms with E-state index in [4.69, 9.17) is 4.74 Å². The fourth-order valence-electron chi connectivity index (χ4n) is 3.18. The molecule has 0 aliphatic heterocycles. The number of carbonyl (C=O) groups is 1. The molecule has 2 heterocycles. The van der Waals surface area contributed by atoms with Gasteiger partial charge >= 0.3 is 0 Å². The summed E-state index contributed by atoms with van der Waals surface area (Å²) in [6.45, 7) is 11.9. The fourth-order valence-corrected chi connectivity index (χ4v) is 3.18. The van der Waals surface area contributed by atoms with Crippen molar-refractivity contribution in [1.29, 1.82) is 5.26 Å². The highest BCUT2D eigenvalue weighted by Gasteiger charge is 2.18. The summed E-state index contributed by atoms with van der Waals surface area (Å²) >= 11 is 0. The van der Waals surface area contributed by atoms with Gasteiger partial charge in [0.25, 0.3) is 11.5 Å².